The van der Waals surface area contributed by atoms with E-state index in [9.17, 15) is 23.4 Å². The average Bonchev–Trinajstić information content (AvgIpc) is 2.39. The maximum Gasteiger partial charge on any atom is 0.196 e. The van der Waals surface area contributed by atoms with Crippen LogP contribution in [0.3, 0.4) is 0 Å². The van der Waals surface area contributed by atoms with Gasteiger partial charge in [-0.05, 0) is 31.2 Å². The number of phenols is 2. The van der Waals surface area contributed by atoms with Crippen LogP contribution in [0.4, 0.5) is 18.9 Å². The predicted molar refractivity (Wildman–Crippen MR) is 68.1 cm³/mol. The molecule has 0 aliphatic heterocycles. The van der Waals surface area contributed by atoms with Crippen molar-refractivity contribution in [2.24, 2.45) is 0 Å². The second-order valence-electron chi connectivity index (χ2n) is 4.33. The van der Waals surface area contributed by atoms with Crippen LogP contribution in [0.2, 0.25) is 0 Å². The lowest BCUT2D eigenvalue weighted by Gasteiger charge is -2.17. The Hall–Kier alpha value is -2.37. The van der Waals surface area contributed by atoms with Gasteiger partial charge in [0.15, 0.2) is 17.5 Å². The summed E-state index contributed by atoms with van der Waals surface area (Å²) in [6.07, 6.45) is 0. The first-order chi connectivity index (χ1) is 9.40. The molecule has 0 heterocycles. The molecule has 0 saturated heterocycles. The van der Waals surface area contributed by atoms with Crippen molar-refractivity contribution in [3.63, 3.8) is 0 Å². The van der Waals surface area contributed by atoms with Crippen LogP contribution in [0.1, 0.15) is 18.5 Å². The number of benzene rings is 2. The van der Waals surface area contributed by atoms with E-state index in [1.165, 1.54) is 12.1 Å². The monoisotopic (exact) mass is 283 g/mol. The van der Waals surface area contributed by atoms with Crippen LogP contribution in [-0.4, -0.2) is 10.2 Å². The lowest BCUT2D eigenvalue weighted by atomic mass is 10.1. The number of phenolic OH excluding ortho intramolecular Hbond substituents is 2. The zero-order chi connectivity index (χ0) is 14.9. The van der Waals surface area contributed by atoms with Crippen molar-refractivity contribution in [1.82, 2.24) is 0 Å². The smallest absolute Gasteiger partial charge is 0.196 e. The summed E-state index contributed by atoms with van der Waals surface area (Å²) in [5.74, 6) is -4.45. The number of rotatable bonds is 3. The highest BCUT2D eigenvalue weighted by atomic mass is 19.2. The van der Waals surface area contributed by atoms with E-state index in [4.69, 9.17) is 0 Å². The van der Waals surface area contributed by atoms with Gasteiger partial charge in [-0.1, -0.05) is 0 Å². The first-order valence-electron chi connectivity index (χ1n) is 5.82. The van der Waals surface area contributed by atoms with Gasteiger partial charge in [0.1, 0.15) is 11.5 Å². The molecule has 1 unspecified atom stereocenters. The molecule has 0 saturated carbocycles. The van der Waals surface area contributed by atoms with Crippen LogP contribution in [0, 0.1) is 17.5 Å². The first kappa shape index (κ1) is 14.0. The molecule has 1 atom stereocenters. The Balaban J connectivity index is 2.28. The van der Waals surface area contributed by atoms with Crippen LogP contribution in [-0.2, 0) is 0 Å². The van der Waals surface area contributed by atoms with E-state index >= 15 is 0 Å². The van der Waals surface area contributed by atoms with Crippen LogP contribution >= 0.6 is 0 Å². The van der Waals surface area contributed by atoms with Gasteiger partial charge in [-0.2, -0.15) is 0 Å². The van der Waals surface area contributed by atoms with Crippen molar-refractivity contribution in [2.45, 2.75) is 13.0 Å². The summed E-state index contributed by atoms with van der Waals surface area (Å²) < 4.78 is 39.4. The van der Waals surface area contributed by atoms with E-state index < -0.39 is 23.5 Å². The Morgan fingerprint density at radius 1 is 1.00 bits per heavy atom. The van der Waals surface area contributed by atoms with Crippen molar-refractivity contribution in [3.05, 3.63) is 53.3 Å². The largest absolute Gasteiger partial charge is 0.508 e. The van der Waals surface area contributed by atoms with Gasteiger partial charge < -0.3 is 15.5 Å². The van der Waals surface area contributed by atoms with E-state index in [1.54, 1.807) is 6.92 Å². The van der Waals surface area contributed by atoms with Crippen molar-refractivity contribution in [1.29, 1.82) is 0 Å². The number of aromatic hydroxyl groups is 2. The summed E-state index contributed by atoms with van der Waals surface area (Å²) in [5.41, 5.74) is 0.163. The van der Waals surface area contributed by atoms with Crippen LogP contribution < -0.4 is 5.32 Å². The standard InChI is InChI=1S/C14H12F3NO2/c1-7(9-3-2-8(19)6-12(9)20)18-11-5-4-10(15)13(16)14(11)17/h2-7,18-20H,1H3. The lowest BCUT2D eigenvalue weighted by molar-refractivity contribution is 0.442. The molecule has 20 heavy (non-hydrogen) atoms. The highest BCUT2D eigenvalue weighted by molar-refractivity contribution is 5.50. The third-order valence-electron chi connectivity index (χ3n) is 2.89. The Kier molecular flexibility index (Phi) is 3.74. The Labute approximate surface area is 113 Å². The summed E-state index contributed by atoms with van der Waals surface area (Å²) in [6.45, 7) is 1.60. The minimum absolute atomic E-state index is 0.113. The highest BCUT2D eigenvalue weighted by Crippen LogP contribution is 2.31. The molecule has 2 rings (SSSR count). The average molecular weight is 283 g/mol. The second-order valence-corrected chi connectivity index (χ2v) is 4.33. The summed E-state index contributed by atoms with van der Waals surface area (Å²) in [6, 6.07) is 5.24. The van der Waals surface area contributed by atoms with E-state index in [-0.39, 0.29) is 17.2 Å². The molecule has 0 radical (unpaired) electrons. The molecule has 2 aromatic rings. The first-order valence-corrected chi connectivity index (χ1v) is 5.82. The summed E-state index contributed by atoms with van der Waals surface area (Å²) in [4.78, 5) is 0. The van der Waals surface area contributed by atoms with Crippen LogP contribution in [0.15, 0.2) is 30.3 Å². The number of anilines is 1. The topological polar surface area (TPSA) is 52.5 Å². The van der Waals surface area contributed by atoms with Gasteiger partial charge in [-0.15, -0.1) is 0 Å². The van der Waals surface area contributed by atoms with Gasteiger partial charge >= 0.3 is 0 Å². The number of halogens is 3. The fraction of sp³-hybridized carbons (Fsp3) is 0.143. The van der Waals surface area contributed by atoms with Gasteiger partial charge in [-0.25, -0.2) is 13.2 Å². The molecule has 0 bridgehead atoms. The summed E-state index contributed by atoms with van der Waals surface area (Å²) in [5, 5.41) is 21.5. The van der Waals surface area contributed by atoms with Gasteiger partial charge in [-0.3, -0.25) is 0 Å². The molecular weight excluding hydrogens is 271 g/mol. The predicted octanol–water partition coefficient (Wildman–Crippen LogP) is 3.69. The van der Waals surface area contributed by atoms with Gasteiger partial charge in [0.25, 0.3) is 0 Å². The van der Waals surface area contributed by atoms with Crippen molar-refractivity contribution in [2.75, 3.05) is 5.32 Å². The van der Waals surface area contributed by atoms with E-state index in [0.29, 0.717) is 5.56 Å². The number of nitrogens with one attached hydrogen (secondary N) is 1. The summed E-state index contributed by atoms with van der Waals surface area (Å²) >= 11 is 0. The zero-order valence-corrected chi connectivity index (χ0v) is 10.5. The molecule has 0 fully saturated rings. The normalized spacial score (nSPS) is 12.2. The minimum atomic E-state index is -1.56. The highest BCUT2D eigenvalue weighted by Gasteiger charge is 2.17. The molecular formula is C14H12F3NO2. The molecule has 6 heteroatoms. The van der Waals surface area contributed by atoms with Crippen molar-refractivity contribution in [3.8, 4) is 11.5 Å². The molecule has 0 aliphatic rings. The molecule has 2 aromatic carbocycles. The molecule has 0 spiro atoms. The Morgan fingerprint density at radius 3 is 2.35 bits per heavy atom. The Bertz CT molecular complexity index is 647. The molecule has 106 valence electrons. The number of hydrogen-bond donors (Lipinski definition) is 3. The zero-order valence-electron chi connectivity index (χ0n) is 10.5. The van der Waals surface area contributed by atoms with Crippen molar-refractivity contribution >= 4 is 5.69 Å². The Morgan fingerprint density at radius 2 is 1.70 bits per heavy atom. The lowest BCUT2D eigenvalue weighted by Crippen LogP contribution is -2.09. The minimum Gasteiger partial charge on any atom is -0.508 e. The van der Waals surface area contributed by atoms with Gasteiger partial charge in [0, 0.05) is 11.6 Å². The fourth-order valence-electron chi connectivity index (χ4n) is 1.85. The third kappa shape index (κ3) is 2.64. The van der Waals surface area contributed by atoms with Gasteiger partial charge in [0.2, 0.25) is 0 Å². The van der Waals surface area contributed by atoms with Crippen LogP contribution in [0.5, 0.6) is 11.5 Å². The molecule has 0 amide bonds. The van der Waals surface area contributed by atoms with E-state index in [0.717, 1.165) is 18.2 Å². The van der Waals surface area contributed by atoms with Crippen LogP contribution in [0.25, 0.3) is 0 Å². The molecule has 3 N–H and O–H groups in total. The van der Waals surface area contributed by atoms with Crippen molar-refractivity contribution < 1.29 is 23.4 Å². The number of hydrogen-bond acceptors (Lipinski definition) is 3. The summed E-state index contributed by atoms with van der Waals surface area (Å²) in [7, 11) is 0. The maximum atomic E-state index is 13.5. The maximum absolute atomic E-state index is 13.5. The quantitative estimate of drug-likeness (QED) is 0.753. The third-order valence-corrected chi connectivity index (χ3v) is 2.89. The molecule has 0 aliphatic carbocycles. The van der Waals surface area contributed by atoms with E-state index in [2.05, 4.69) is 5.32 Å². The molecule has 3 nitrogen and oxygen atoms in total. The van der Waals surface area contributed by atoms with E-state index in [1.807, 2.05) is 0 Å². The second kappa shape index (κ2) is 5.32. The van der Waals surface area contributed by atoms with Gasteiger partial charge in [0.05, 0.1) is 11.7 Å². The molecule has 0 aromatic heterocycles. The fourth-order valence-corrected chi connectivity index (χ4v) is 1.85. The SMILES string of the molecule is CC(Nc1ccc(F)c(F)c1F)c1ccc(O)cc1O.